The van der Waals surface area contributed by atoms with Gasteiger partial charge in [0.25, 0.3) is 0 Å². The molecule has 1 aliphatic heterocycles. The van der Waals surface area contributed by atoms with Crippen LogP contribution in [0.5, 0.6) is 0 Å². The maximum atomic E-state index is 11.8. The molecule has 6 heteroatoms. The number of hydrogen-bond acceptors (Lipinski definition) is 3. The maximum absolute atomic E-state index is 11.8. The van der Waals surface area contributed by atoms with E-state index >= 15 is 0 Å². The number of amides is 2. The summed E-state index contributed by atoms with van der Waals surface area (Å²) in [5, 5.41) is 14.5. The molecule has 0 aromatic heterocycles. The Bertz CT molecular complexity index is 391. The first kappa shape index (κ1) is 14.2. The summed E-state index contributed by atoms with van der Waals surface area (Å²) in [6.07, 6.45) is 6.17. The molecule has 1 aliphatic carbocycles. The first-order chi connectivity index (χ1) is 8.98. The number of aliphatic carboxylic acids is 1. The molecule has 0 saturated carbocycles. The minimum atomic E-state index is -0.837. The van der Waals surface area contributed by atoms with Gasteiger partial charge in [0.05, 0.1) is 12.0 Å². The van der Waals surface area contributed by atoms with E-state index in [0.29, 0.717) is 13.0 Å². The zero-order valence-electron chi connectivity index (χ0n) is 11.0. The van der Waals surface area contributed by atoms with Crippen molar-refractivity contribution in [2.24, 2.45) is 5.92 Å². The predicted molar refractivity (Wildman–Crippen MR) is 75.3 cm³/mol. The summed E-state index contributed by atoms with van der Waals surface area (Å²) in [5.41, 5.74) is 0. The Balaban J connectivity index is 1.71. The smallest absolute Gasteiger partial charge is 0.315 e. The largest absolute Gasteiger partial charge is 0.481 e. The second-order valence-electron chi connectivity index (χ2n) is 5.40. The topological polar surface area (TPSA) is 78.4 Å². The van der Waals surface area contributed by atoms with Crippen molar-refractivity contribution >= 4 is 23.8 Å². The molecule has 3 atom stereocenters. The Kier molecular flexibility index (Phi) is 4.39. The number of carbonyl (C=O) groups excluding carboxylic acids is 1. The van der Waals surface area contributed by atoms with Crippen LogP contribution in [0, 0.1) is 5.92 Å². The first-order valence-corrected chi connectivity index (χ1v) is 7.56. The monoisotopic (exact) mass is 284 g/mol. The third kappa shape index (κ3) is 3.89. The van der Waals surface area contributed by atoms with Crippen LogP contribution in [0.3, 0.4) is 0 Å². The zero-order chi connectivity index (χ0) is 13.9. The number of hydrogen-bond donors (Lipinski definition) is 3. The van der Waals surface area contributed by atoms with E-state index in [-0.39, 0.29) is 16.8 Å². The van der Waals surface area contributed by atoms with Gasteiger partial charge in [-0.3, -0.25) is 4.79 Å². The van der Waals surface area contributed by atoms with Crippen molar-refractivity contribution in [2.45, 2.75) is 37.0 Å². The third-order valence-corrected chi connectivity index (χ3v) is 5.18. The van der Waals surface area contributed by atoms with Gasteiger partial charge in [0.1, 0.15) is 0 Å². The van der Waals surface area contributed by atoms with Crippen LogP contribution < -0.4 is 10.6 Å². The fourth-order valence-electron chi connectivity index (χ4n) is 2.45. The first-order valence-electron chi connectivity index (χ1n) is 6.58. The van der Waals surface area contributed by atoms with Gasteiger partial charge >= 0.3 is 12.0 Å². The van der Waals surface area contributed by atoms with Crippen molar-refractivity contribution in [1.29, 1.82) is 0 Å². The molecule has 1 heterocycles. The molecule has 3 unspecified atom stereocenters. The normalized spacial score (nSPS) is 33.3. The number of rotatable bonds is 4. The molecule has 2 rings (SSSR count). The molecule has 106 valence electrons. The molecule has 0 aromatic rings. The third-order valence-electron chi connectivity index (χ3n) is 3.64. The number of nitrogens with one attached hydrogen (secondary N) is 2. The van der Waals surface area contributed by atoms with E-state index in [1.807, 2.05) is 11.8 Å². The lowest BCUT2D eigenvalue weighted by molar-refractivity contribution is -0.140. The van der Waals surface area contributed by atoms with Crippen LogP contribution in [0.2, 0.25) is 0 Å². The average molecular weight is 284 g/mol. The standard InChI is InChI=1S/C13H20N2O3S/c1-13(5-2-6-19-13)8-14-12(18)15-10-4-3-9(7-10)11(16)17/h3-4,9-10H,2,5-8H2,1H3,(H,16,17)(H2,14,15,18). The van der Waals surface area contributed by atoms with Gasteiger partial charge < -0.3 is 15.7 Å². The van der Waals surface area contributed by atoms with E-state index in [1.165, 1.54) is 6.42 Å². The van der Waals surface area contributed by atoms with Crippen LogP contribution in [0.4, 0.5) is 4.79 Å². The molecule has 5 nitrogen and oxygen atoms in total. The molecule has 0 spiro atoms. The molecular formula is C13H20N2O3S. The van der Waals surface area contributed by atoms with Crippen LogP contribution in [-0.4, -0.2) is 40.2 Å². The van der Waals surface area contributed by atoms with E-state index < -0.39 is 11.9 Å². The lowest BCUT2D eigenvalue weighted by Crippen LogP contribution is -2.45. The lowest BCUT2D eigenvalue weighted by atomic mass is 10.1. The van der Waals surface area contributed by atoms with Crippen molar-refractivity contribution in [1.82, 2.24) is 10.6 Å². The van der Waals surface area contributed by atoms with Crippen LogP contribution in [0.1, 0.15) is 26.2 Å². The molecule has 1 fully saturated rings. The Morgan fingerprint density at radius 1 is 1.47 bits per heavy atom. The van der Waals surface area contributed by atoms with Gasteiger partial charge in [0.15, 0.2) is 0 Å². The van der Waals surface area contributed by atoms with Crippen molar-refractivity contribution in [2.75, 3.05) is 12.3 Å². The second-order valence-corrected chi connectivity index (χ2v) is 7.08. The Labute approximate surface area is 117 Å². The SMILES string of the molecule is CC1(CNC(=O)NC2C=CC(C(=O)O)C2)CCCS1. The molecule has 0 radical (unpaired) electrons. The van der Waals surface area contributed by atoms with E-state index in [0.717, 1.165) is 12.2 Å². The van der Waals surface area contributed by atoms with Crippen LogP contribution in [0.15, 0.2) is 12.2 Å². The highest BCUT2D eigenvalue weighted by atomic mass is 32.2. The quantitative estimate of drug-likeness (QED) is 0.685. The molecule has 0 bridgehead atoms. The Morgan fingerprint density at radius 2 is 2.26 bits per heavy atom. The number of carboxylic acid groups (broad SMARTS) is 1. The van der Waals surface area contributed by atoms with Crippen molar-refractivity contribution < 1.29 is 14.7 Å². The minimum Gasteiger partial charge on any atom is -0.481 e. The van der Waals surface area contributed by atoms with E-state index in [1.54, 1.807) is 12.2 Å². The fourth-order valence-corrected chi connectivity index (χ4v) is 3.70. The van der Waals surface area contributed by atoms with E-state index in [2.05, 4.69) is 17.6 Å². The highest BCUT2D eigenvalue weighted by Gasteiger charge is 2.30. The Morgan fingerprint density at radius 3 is 2.84 bits per heavy atom. The van der Waals surface area contributed by atoms with E-state index in [4.69, 9.17) is 5.11 Å². The number of urea groups is 1. The van der Waals surface area contributed by atoms with Crippen molar-refractivity contribution in [3.05, 3.63) is 12.2 Å². The van der Waals surface area contributed by atoms with Crippen molar-refractivity contribution in [3.63, 3.8) is 0 Å². The summed E-state index contributed by atoms with van der Waals surface area (Å²) in [6, 6.07) is -0.389. The van der Waals surface area contributed by atoms with Gasteiger partial charge in [0, 0.05) is 11.3 Å². The van der Waals surface area contributed by atoms with Crippen LogP contribution >= 0.6 is 11.8 Å². The van der Waals surface area contributed by atoms with Gasteiger partial charge in [-0.05, 0) is 31.9 Å². The summed E-state index contributed by atoms with van der Waals surface area (Å²) in [4.78, 5) is 22.6. The summed E-state index contributed by atoms with van der Waals surface area (Å²) in [6.45, 7) is 2.82. The van der Waals surface area contributed by atoms with Gasteiger partial charge in [-0.2, -0.15) is 11.8 Å². The van der Waals surface area contributed by atoms with Crippen LogP contribution in [-0.2, 0) is 4.79 Å². The van der Waals surface area contributed by atoms with Gasteiger partial charge in [-0.15, -0.1) is 0 Å². The van der Waals surface area contributed by atoms with Gasteiger partial charge in [0.2, 0.25) is 0 Å². The van der Waals surface area contributed by atoms with Crippen molar-refractivity contribution in [3.8, 4) is 0 Å². The maximum Gasteiger partial charge on any atom is 0.315 e. The minimum absolute atomic E-state index is 0.145. The summed E-state index contributed by atoms with van der Waals surface area (Å²) >= 11 is 1.90. The molecule has 2 aliphatic rings. The lowest BCUT2D eigenvalue weighted by Gasteiger charge is -2.23. The average Bonchev–Trinajstić information content (AvgIpc) is 2.97. The number of carbonyl (C=O) groups is 2. The Hall–Kier alpha value is -1.17. The molecule has 2 amide bonds. The molecule has 19 heavy (non-hydrogen) atoms. The highest BCUT2D eigenvalue weighted by Crippen LogP contribution is 2.36. The molecular weight excluding hydrogens is 264 g/mol. The second kappa shape index (κ2) is 5.86. The summed E-state index contributed by atoms with van der Waals surface area (Å²) in [5.74, 6) is -0.158. The fraction of sp³-hybridized carbons (Fsp3) is 0.692. The van der Waals surface area contributed by atoms with E-state index in [9.17, 15) is 9.59 Å². The highest BCUT2D eigenvalue weighted by molar-refractivity contribution is 8.00. The number of thioether (sulfide) groups is 1. The summed E-state index contributed by atoms with van der Waals surface area (Å²) in [7, 11) is 0. The molecule has 0 aromatic carbocycles. The van der Waals surface area contributed by atoms with Gasteiger partial charge in [-0.25, -0.2) is 4.79 Å². The molecule has 1 saturated heterocycles. The molecule has 3 N–H and O–H groups in total. The van der Waals surface area contributed by atoms with Crippen LogP contribution in [0.25, 0.3) is 0 Å². The number of carboxylic acids is 1. The zero-order valence-corrected chi connectivity index (χ0v) is 11.8. The van der Waals surface area contributed by atoms with Gasteiger partial charge in [-0.1, -0.05) is 12.2 Å². The summed E-state index contributed by atoms with van der Waals surface area (Å²) < 4.78 is 0.145. The predicted octanol–water partition coefficient (Wildman–Crippen LogP) is 1.60.